The molecule has 0 aliphatic carbocycles. The predicted molar refractivity (Wildman–Crippen MR) is 101 cm³/mol. The van der Waals surface area contributed by atoms with Crippen molar-refractivity contribution in [2.45, 2.75) is 23.8 Å². The third-order valence-corrected chi connectivity index (χ3v) is 6.89. The molecule has 0 N–H and O–H groups in total. The minimum absolute atomic E-state index is 0.0669. The average molecular weight is 401 g/mol. The Balaban J connectivity index is 1.83. The second-order valence-corrected chi connectivity index (χ2v) is 8.42. The molecule has 0 unspecified atom stereocenters. The third kappa shape index (κ3) is 3.02. The van der Waals surface area contributed by atoms with E-state index in [-0.39, 0.29) is 27.3 Å². The first-order chi connectivity index (χ1) is 13.4. The SMILES string of the molecule is O=[N+]([O-])c1ccc(S(=O)(=O)N2CCC[C@H]2c2ccc(F)cc2)c2ncccc12. The molecule has 1 atom stereocenters. The van der Waals surface area contributed by atoms with E-state index in [1.165, 1.54) is 46.9 Å². The number of hydrogen-bond acceptors (Lipinski definition) is 5. The van der Waals surface area contributed by atoms with Crippen molar-refractivity contribution in [3.63, 3.8) is 0 Å². The summed E-state index contributed by atoms with van der Waals surface area (Å²) in [6.45, 7) is 0.315. The topological polar surface area (TPSA) is 93.4 Å². The second-order valence-electron chi connectivity index (χ2n) is 6.56. The number of non-ortho nitro benzene ring substituents is 1. The number of sulfonamides is 1. The lowest BCUT2D eigenvalue weighted by atomic mass is 10.1. The first-order valence-corrected chi connectivity index (χ1v) is 10.1. The van der Waals surface area contributed by atoms with Crippen LogP contribution < -0.4 is 0 Å². The Labute approximate surface area is 160 Å². The number of hydrogen-bond donors (Lipinski definition) is 0. The first-order valence-electron chi connectivity index (χ1n) is 8.69. The maximum absolute atomic E-state index is 13.4. The fourth-order valence-corrected chi connectivity index (χ4v) is 5.50. The van der Waals surface area contributed by atoms with Crippen LogP contribution in [0.25, 0.3) is 10.9 Å². The molecule has 0 radical (unpaired) electrons. The van der Waals surface area contributed by atoms with Gasteiger partial charge in [-0.3, -0.25) is 15.1 Å². The molecule has 1 aromatic heterocycles. The quantitative estimate of drug-likeness (QED) is 0.490. The first kappa shape index (κ1) is 18.5. The van der Waals surface area contributed by atoms with Gasteiger partial charge in [0.1, 0.15) is 10.7 Å². The van der Waals surface area contributed by atoms with Gasteiger partial charge in [0.05, 0.1) is 21.9 Å². The molecule has 2 heterocycles. The van der Waals surface area contributed by atoms with Crippen LogP contribution in [0.3, 0.4) is 0 Å². The van der Waals surface area contributed by atoms with E-state index in [1.54, 1.807) is 12.1 Å². The largest absolute Gasteiger partial charge is 0.278 e. The number of nitro groups is 1. The van der Waals surface area contributed by atoms with E-state index in [9.17, 15) is 22.9 Å². The van der Waals surface area contributed by atoms with Crippen molar-refractivity contribution < 1.29 is 17.7 Å². The van der Waals surface area contributed by atoms with Gasteiger partial charge in [0, 0.05) is 18.8 Å². The van der Waals surface area contributed by atoms with Crippen molar-refractivity contribution in [3.05, 3.63) is 76.2 Å². The summed E-state index contributed by atoms with van der Waals surface area (Å²) in [4.78, 5) is 14.8. The van der Waals surface area contributed by atoms with Crippen molar-refractivity contribution in [2.24, 2.45) is 0 Å². The van der Waals surface area contributed by atoms with E-state index in [0.29, 0.717) is 24.9 Å². The summed E-state index contributed by atoms with van der Waals surface area (Å²) < 4.78 is 41.5. The number of nitrogens with zero attached hydrogens (tertiary/aromatic N) is 3. The highest BCUT2D eigenvalue weighted by atomic mass is 32.2. The summed E-state index contributed by atoms with van der Waals surface area (Å²) in [6.07, 6.45) is 2.69. The molecule has 1 aliphatic rings. The van der Waals surface area contributed by atoms with E-state index in [1.807, 2.05) is 0 Å². The van der Waals surface area contributed by atoms with Gasteiger partial charge in [0.15, 0.2) is 0 Å². The Morgan fingerprint density at radius 2 is 1.89 bits per heavy atom. The van der Waals surface area contributed by atoms with Crippen LogP contribution in [0.5, 0.6) is 0 Å². The number of benzene rings is 2. The van der Waals surface area contributed by atoms with Gasteiger partial charge in [-0.1, -0.05) is 12.1 Å². The maximum Gasteiger partial charge on any atom is 0.278 e. The van der Waals surface area contributed by atoms with E-state index < -0.39 is 21.0 Å². The Morgan fingerprint density at radius 1 is 1.14 bits per heavy atom. The Kier molecular flexibility index (Phi) is 4.56. The van der Waals surface area contributed by atoms with Crippen LogP contribution in [0.1, 0.15) is 24.4 Å². The Hall–Kier alpha value is -2.91. The van der Waals surface area contributed by atoms with Gasteiger partial charge in [-0.05, 0) is 48.7 Å². The molecule has 1 saturated heterocycles. The van der Waals surface area contributed by atoms with E-state index >= 15 is 0 Å². The molecule has 7 nitrogen and oxygen atoms in total. The minimum atomic E-state index is -3.96. The average Bonchev–Trinajstić information content (AvgIpc) is 3.18. The molecule has 1 fully saturated rings. The van der Waals surface area contributed by atoms with Gasteiger partial charge in [-0.15, -0.1) is 0 Å². The normalized spacial score (nSPS) is 17.8. The highest BCUT2D eigenvalue weighted by molar-refractivity contribution is 7.89. The van der Waals surface area contributed by atoms with Gasteiger partial charge in [0.25, 0.3) is 5.69 Å². The van der Waals surface area contributed by atoms with Crippen LogP contribution in [0.15, 0.2) is 59.6 Å². The lowest BCUT2D eigenvalue weighted by Crippen LogP contribution is -2.31. The van der Waals surface area contributed by atoms with Gasteiger partial charge >= 0.3 is 0 Å². The molecule has 144 valence electrons. The number of aromatic nitrogens is 1. The Bertz CT molecular complexity index is 1170. The molecule has 0 bridgehead atoms. The predicted octanol–water partition coefficient (Wildman–Crippen LogP) is 3.81. The molecule has 3 aromatic rings. The highest BCUT2D eigenvalue weighted by Gasteiger charge is 2.37. The van der Waals surface area contributed by atoms with E-state index in [0.717, 1.165) is 0 Å². The lowest BCUT2D eigenvalue weighted by molar-refractivity contribution is -0.383. The van der Waals surface area contributed by atoms with Gasteiger partial charge in [-0.2, -0.15) is 4.31 Å². The molecule has 0 amide bonds. The van der Waals surface area contributed by atoms with Gasteiger partial charge in [0.2, 0.25) is 10.0 Å². The number of halogens is 1. The molecule has 2 aromatic carbocycles. The molecular weight excluding hydrogens is 385 g/mol. The summed E-state index contributed by atoms with van der Waals surface area (Å²) in [5.74, 6) is -0.387. The smallest absolute Gasteiger partial charge is 0.258 e. The van der Waals surface area contributed by atoms with Crippen LogP contribution in [0, 0.1) is 15.9 Å². The van der Waals surface area contributed by atoms with Crippen molar-refractivity contribution in [1.82, 2.24) is 9.29 Å². The number of nitro benzene ring substituents is 1. The molecule has 1 aliphatic heterocycles. The summed E-state index contributed by atoms with van der Waals surface area (Å²) in [7, 11) is -3.96. The summed E-state index contributed by atoms with van der Waals surface area (Å²) in [5.41, 5.74) is 0.585. The van der Waals surface area contributed by atoms with E-state index in [2.05, 4.69) is 4.98 Å². The van der Waals surface area contributed by atoms with Crippen LogP contribution in [-0.2, 0) is 10.0 Å². The highest BCUT2D eigenvalue weighted by Crippen LogP contribution is 2.39. The van der Waals surface area contributed by atoms with E-state index in [4.69, 9.17) is 0 Å². The third-order valence-electron chi connectivity index (χ3n) is 4.95. The van der Waals surface area contributed by atoms with Crippen molar-refractivity contribution >= 4 is 26.6 Å². The monoisotopic (exact) mass is 401 g/mol. The zero-order valence-electron chi connectivity index (χ0n) is 14.7. The van der Waals surface area contributed by atoms with Crippen LogP contribution in [-0.4, -0.2) is 29.2 Å². The number of pyridine rings is 1. The fourth-order valence-electron chi connectivity index (χ4n) is 3.67. The second kappa shape index (κ2) is 6.92. The maximum atomic E-state index is 13.4. The zero-order valence-corrected chi connectivity index (χ0v) is 15.5. The number of rotatable bonds is 4. The summed E-state index contributed by atoms with van der Waals surface area (Å²) >= 11 is 0. The number of fused-ring (bicyclic) bond motifs is 1. The molecule has 0 spiro atoms. The minimum Gasteiger partial charge on any atom is -0.258 e. The molecule has 28 heavy (non-hydrogen) atoms. The van der Waals surface area contributed by atoms with Crippen LogP contribution >= 0.6 is 0 Å². The summed E-state index contributed by atoms with van der Waals surface area (Å²) in [5, 5.41) is 11.5. The van der Waals surface area contributed by atoms with Crippen molar-refractivity contribution in [2.75, 3.05) is 6.54 Å². The van der Waals surface area contributed by atoms with Gasteiger partial charge in [-0.25, -0.2) is 12.8 Å². The molecular formula is C19H16FN3O4S. The summed E-state index contributed by atoms with van der Waals surface area (Å²) in [6, 6.07) is 10.8. The van der Waals surface area contributed by atoms with Gasteiger partial charge < -0.3 is 0 Å². The molecule has 4 rings (SSSR count). The molecule has 9 heteroatoms. The zero-order chi connectivity index (χ0) is 19.9. The van der Waals surface area contributed by atoms with Crippen molar-refractivity contribution in [3.8, 4) is 0 Å². The Morgan fingerprint density at radius 3 is 2.61 bits per heavy atom. The van der Waals surface area contributed by atoms with Crippen LogP contribution in [0.2, 0.25) is 0 Å². The fraction of sp³-hybridized carbons (Fsp3) is 0.211. The standard InChI is InChI=1S/C19H16FN3O4S/c20-14-7-5-13(6-8-14)16-4-2-12-22(16)28(26,27)18-10-9-17(23(24)25)15-3-1-11-21-19(15)18/h1,3,5-11,16H,2,4,12H2/t16-/m0/s1. The molecule has 0 saturated carbocycles. The lowest BCUT2D eigenvalue weighted by Gasteiger charge is -2.25. The van der Waals surface area contributed by atoms with Crippen molar-refractivity contribution in [1.29, 1.82) is 0 Å². The van der Waals surface area contributed by atoms with Crippen LogP contribution in [0.4, 0.5) is 10.1 Å².